The number of sulfonamides is 1. The van der Waals surface area contributed by atoms with Crippen LogP contribution in [-0.2, 0) is 34.3 Å². The summed E-state index contributed by atoms with van der Waals surface area (Å²) in [5.41, 5.74) is 2.99. The van der Waals surface area contributed by atoms with Crippen molar-refractivity contribution in [2.75, 3.05) is 14.1 Å². The fraction of sp³-hybridized carbons (Fsp3) is 0.375. The zero-order chi connectivity index (χ0) is 24.0. The molecule has 0 saturated heterocycles. The van der Waals surface area contributed by atoms with Crippen LogP contribution in [0.25, 0.3) is 11.0 Å². The quantitative estimate of drug-likeness (QED) is 0.493. The lowest BCUT2D eigenvalue weighted by molar-refractivity contribution is -0.121. The van der Waals surface area contributed by atoms with Crippen molar-refractivity contribution in [3.05, 3.63) is 59.4 Å². The predicted octanol–water partition coefficient (Wildman–Crippen LogP) is 3.21. The summed E-state index contributed by atoms with van der Waals surface area (Å²) in [6.07, 6.45) is 2.69. The maximum absolute atomic E-state index is 12.5. The highest BCUT2D eigenvalue weighted by atomic mass is 32.2. The van der Waals surface area contributed by atoms with Gasteiger partial charge in [0, 0.05) is 40.0 Å². The second-order valence-corrected chi connectivity index (χ2v) is 10.2. The summed E-state index contributed by atoms with van der Waals surface area (Å²) in [6.45, 7) is 3.26. The van der Waals surface area contributed by atoms with Crippen LogP contribution >= 0.6 is 0 Å². The number of nitrogens with one attached hydrogen (secondary N) is 1. The molecule has 1 heterocycles. The molecule has 8 nitrogen and oxygen atoms in total. The SMILES string of the molecule is CCCCn1c(CCC(=O)NCc2ccc(C#N)cc2)nc2cc(S(=O)(=O)N(C)C)ccc21. The van der Waals surface area contributed by atoms with Gasteiger partial charge in [0.1, 0.15) is 5.82 Å². The van der Waals surface area contributed by atoms with Crippen molar-refractivity contribution in [1.82, 2.24) is 19.2 Å². The molecule has 0 saturated carbocycles. The lowest BCUT2D eigenvalue weighted by Gasteiger charge is -2.11. The molecule has 3 rings (SSSR count). The molecule has 1 N–H and O–H groups in total. The van der Waals surface area contributed by atoms with Crippen LogP contribution in [-0.4, -0.2) is 42.3 Å². The zero-order valence-corrected chi connectivity index (χ0v) is 20.0. The van der Waals surface area contributed by atoms with Crippen molar-refractivity contribution in [2.24, 2.45) is 0 Å². The minimum atomic E-state index is -3.55. The van der Waals surface area contributed by atoms with Gasteiger partial charge in [0.05, 0.1) is 27.6 Å². The first-order valence-electron chi connectivity index (χ1n) is 10.9. The molecule has 33 heavy (non-hydrogen) atoms. The summed E-state index contributed by atoms with van der Waals surface area (Å²) in [7, 11) is -0.548. The summed E-state index contributed by atoms with van der Waals surface area (Å²) in [4.78, 5) is 17.3. The van der Waals surface area contributed by atoms with Gasteiger partial charge in [-0.15, -0.1) is 0 Å². The molecule has 1 amide bonds. The predicted molar refractivity (Wildman–Crippen MR) is 127 cm³/mol. The van der Waals surface area contributed by atoms with E-state index in [1.807, 2.05) is 12.1 Å². The highest BCUT2D eigenvalue weighted by Gasteiger charge is 2.20. The lowest BCUT2D eigenvalue weighted by atomic mass is 10.1. The molecule has 0 aliphatic heterocycles. The molecule has 2 aromatic carbocycles. The molecule has 0 atom stereocenters. The van der Waals surface area contributed by atoms with Crippen LogP contribution in [0, 0.1) is 11.3 Å². The van der Waals surface area contributed by atoms with Gasteiger partial charge < -0.3 is 9.88 Å². The van der Waals surface area contributed by atoms with Crippen molar-refractivity contribution >= 4 is 27.0 Å². The summed E-state index contributed by atoms with van der Waals surface area (Å²) in [6, 6.07) is 14.2. The van der Waals surface area contributed by atoms with E-state index in [4.69, 9.17) is 5.26 Å². The number of carbonyl (C=O) groups excluding carboxylic acids is 1. The Hall–Kier alpha value is -3.22. The number of imidazole rings is 1. The Morgan fingerprint density at radius 2 is 1.91 bits per heavy atom. The van der Waals surface area contributed by atoms with E-state index in [2.05, 4.69) is 27.9 Å². The van der Waals surface area contributed by atoms with Gasteiger partial charge in [-0.1, -0.05) is 25.5 Å². The summed E-state index contributed by atoms with van der Waals surface area (Å²) < 4.78 is 28.3. The van der Waals surface area contributed by atoms with Gasteiger partial charge in [0.2, 0.25) is 15.9 Å². The number of aryl methyl sites for hydroxylation is 2. The van der Waals surface area contributed by atoms with Crippen molar-refractivity contribution in [3.8, 4) is 6.07 Å². The van der Waals surface area contributed by atoms with Crippen molar-refractivity contribution in [1.29, 1.82) is 5.26 Å². The number of benzene rings is 2. The number of carbonyl (C=O) groups is 1. The first-order chi connectivity index (χ1) is 15.8. The van der Waals surface area contributed by atoms with E-state index in [-0.39, 0.29) is 17.2 Å². The second kappa shape index (κ2) is 10.6. The molecule has 174 valence electrons. The maximum Gasteiger partial charge on any atom is 0.242 e. The molecule has 0 bridgehead atoms. The van der Waals surface area contributed by atoms with E-state index in [0.29, 0.717) is 24.0 Å². The van der Waals surface area contributed by atoms with Gasteiger partial charge in [-0.05, 0) is 42.3 Å². The number of amides is 1. The van der Waals surface area contributed by atoms with Crippen LogP contribution in [0.2, 0.25) is 0 Å². The second-order valence-electron chi connectivity index (χ2n) is 8.06. The Morgan fingerprint density at radius 3 is 2.55 bits per heavy atom. The number of aromatic nitrogens is 2. The van der Waals surface area contributed by atoms with Crippen LogP contribution in [0.1, 0.15) is 43.1 Å². The molecule has 1 aromatic heterocycles. The van der Waals surface area contributed by atoms with Gasteiger partial charge in [-0.3, -0.25) is 4.79 Å². The largest absolute Gasteiger partial charge is 0.352 e. The third-order valence-corrected chi connectivity index (χ3v) is 7.27. The number of nitriles is 1. The topological polar surface area (TPSA) is 108 Å². The minimum absolute atomic E-state index is 0.0932. The number of hydrogen-bond donors (Lipinski definition) is 1. The number of nitrogens with zero attached hydrogens (tertiary/aromatic N) is 4. The highest BCUT2D eigenvalue weighted by Crippen LogP contribution is 2.23. The van der Waals surface area contributed by atoms with E-state index in [1.165, 1.54) is 18.4 Å². The van der Waals surface area contributed by atoms with Crippen LogP contribution < -0.4 is 5.32 Å². The average Bonchev–Trinajstić information content (AvgIpc) is 3.16. The Morgan fingerprint density at radius 1 is 1.18 bits per heavy atom. The first-order valence-corrected chi connectivity index (χ1v) is 12.4. The van der Waals surface area contributed by atoms with Crippen LogP contribution in [0.4, 0.5) is 0 Å². The number of fused-ring (bicyclic) bond motifs is 1. The van der Waals surface area contributed by atoms with E-state index in [0.717, 1.165) is 36.3 Å². The Labute approximate surface area is 194 Å². The van der Waals surface area contributed by atoms with Crippen LogP contribution in [0.5, 0.6) is 0 Å². The molecule has 0 aliphatic rings. The molecule has 0 aliphatic carbocycles. The van der Waals surface area contributed by atoms with Gasteiger partial charge >= 0.3 is 0 Å². The Balaban J connectivity index is 1.74. The van der Waals surface area contributed by atoms with Crippen LogP contribution in [0.3, 0.4) is 0 Å². The standard InChI is InChI=1S/C24H29N5O3S/c1-4-5-14-29-22-11-10-20(33(31,32)28(2)3)15-21(22)27-23(29)12-13-24(30)26-17-19-8-6-18(16-25)7-9-19/h6-11,15H,4-5,12-14,17H2,1-3H3,(H,26,30). The minimum Gasteiger partial charge on any atom is -0.352 e. The zero-order valence-electron chi connectivity index (χ0n) is 19.2. The summed E-state index contributed by atoms with van der Waals surface area (Å²) >= 11 is 0. The van der Waals surface area contributed by atoms with E-state index in [9.17, 15) is 13.2 Å². The average molecular weight is 468 g/mol. The van der Waals surface area contributed by atoms with Crippen molar-refractivity contribution in [3.63, 3.8) is 0 Å². The maximum atomic E-state index is 12.5. The molecular formula is C24H29N5O3S. The van der Waals surface area contributed by atoms with Crippen LogP contribution in [0.15, 0.2) is 47.4 Å². The van der Waals surface area contributed by atoms with Gasteiger partial charge in [-0.2, -0.15) is 5.26 Å². The number of hydrogen-bond acceptors (Lipinski definition) is 5. The van der Waals surface area contributed by atoms with Crippen molar-refractivity contribution < 1.29 is 13.2 Å². The summed E-state index contributed by atoms with van der Waals surface area (Å²) in [5.74, 6) is 0.677. The van der Waals surface area contributed by atoms with Crippen molar-refractivity contribution in [2.45, 2.75) is 50.6 Å². The highest BCUT2D eigenvalue weighted by molar-refractivity contribution is 7.89. The van der Waals surface area contributed by atoms with E-state index < -0.39 is 10.0 Å². The Bertz CT molecular complexity index is 1270. The molecular weight excluding hydrogens is 438 g/mol. The molecule has 0 spiro atoms. The van der Waals surface area contributed by atoms with E-state index in [1.54, 1.807) is 30.3 Å². The Kier molecular flexibility index (Phi) is 7.84. The smallest absolute Gasteiger partial charge is 0.242 e. The molecule has 0 unspecified atom stereocenters. The summed E-state index contributed by atoms with van der Waals surface area (Å²) in [5, 5.41) is 11.8. The third kappa shape index (κ3) is 5.78. The lowest BCUT2D eigenvalue weighted by Crippen LogP contribution is -2.23. The van der Waals surface area contributed by atoms with Gasteiger partial charge in [0.25, 0.3) is 0 Å². The molecule has 0 radical (unpaired) electrons. The number of rotatable bonds is 10. The normalized spacial score (nSPS) is 11.6. The molecule has 3 aromatic rings. The van der Waals surface area contributed by atoms with E-state index >= 15 is 0 Å². The molecule has 0 fully saturated rings. The fourth-order valence-electron chi connectivity index (χ4n) is 3.50. The molecule has 9 heteroatoms. The first kappa shape index (κ1) is 24.4. The fourth-order valence-corrected chi connectivity index (χ4v) is 4.42. The number of unbranched alkanes of at least 4 members (excludes halogenated alkanes) is 1. The van der Waals surface area contributed by atoms with Gasteiger partial charge in [-0.25, -0.2) is 17.7 Å². The third-order valence-electron chi connectivity index (χ3n) is 5.46. The monoisotopic (exact) mass is 467 g/mol. The van der Waals surface area contributed by atoms with Gasteiger partial charge in [0.15, 0.2) is 0 Å².